The largest absolute Gasteiger partial charge is 0.486 e. The summed E-state index contributed by atoms with van der Waals surface area (Å²) in [7, 11) is 0. The zero-order valence-corrected chi connectivity index (χ0v) is 14.0. The number of nitrogens with one attached hydrogen (secondary N) is 1. The second-order valence-corrected chi connectivity index (χ2v) is 5.76. The van der Waals surface area contributed by atoms with E-state index in [-0.39, 0.29) is 5.91 Å². The van der Waals surface area contributed by atoms with Crippen molar-refractivity contribution < 1.29 is 19.0 Å². The summed E-state index contributed by atoms with van der Waals surface area (Å²) < 4.78 is 16.7. The maximum atomic E-state index is 12.5. The highest BCUT2D eigenvalue weighted by Gasteiger charge is 2.20. The summed E-state index contributed by atoms with van der Waals surface area (Å²) in [5, 5.41) is 3.41. The van der Waals surface area contributed by atoms with Crippen LogP contribution >= 0.6 is 11.6 Å². The number of carbonyl (C=O) groups is 1. The summed E-state index contributed by atoms with van der Waals surface area (Å²) >= 11 is 5.94. The minimum atomic E-state index is -0.614. The Kier molecular flexibility index (Phi) is 5.11. The molecule has 0 saturated carbocycles. The van der Waals surface area contributed by atoms with Gasteiger partial charge in [-0.3, -0.25) is 4.79 Å². The minimum Gasteiger partial charge on any atom is -0.486 e. The normalized spacial score (nSPS) is 13.9. The quantitative estimate of drug-likeness (QED) is 0.891. The second-order valence-electron chi connectivity index (χ2n) is 5.32. The molecule has 126 valence electrons. The van der Waals surface area contributed by atoms with Crippen molar-refractivity contribution >= 4 is 23.2 Å². The molecule has 5 nitrogen and oxygen atoms in total. The molecule has 6 heteroatoms. The lowest BCUT2D eigenvalue weighted by molar-refractivity contribution is -0.122. The number of hydrogen-bond acceptors (Lipinski definition) is 4. The molecular weight excluding hydrogens is 330 g/mol. The third-order valence-corrected chi connectivity index (χ3v) is 3.78. The number of benzene rings is 2. The van der Waals surface area contributed by atoms with Crippen molar-refractivity contribution in [1.82, 2.24) is 0 Å². The monoisotopic (exact) mass is 347 g/mol. The van der Waals surface area contributed by atoms with Crippen LogP contribution in [0.15, 0.2) is 42.5 Å². The van der Waals surface area contributed by atoms with Crippen LogP contribution in [-0.4, -0.2) is 25.2 Å². The lowest BCUT2D eigenvalue weighted by Crippen LogP contribution is -2.32. The first kappa shape index (κ1) is 16.5. The Morgan fingerprint density at radius 2 is 2.00 bits per heavy atom. The molecule has 2 aromatic rings. The number of amides is 1. The molecule has 1 amide bonds. The van der Waals surface area contributed by atoms with Gasteiger partial charge in [0.25, 0.3) is 5.91 Å². The fourth-order valence-corrected chi connectivity index (χ4v) is 2.55. The van der Waals surface area contributed by atoms with Gasteiger partial charge in [-0.25, -0.2) is 0 Å². The van der Waals surface area contributed by atoms with Gasteiger partial charge >= 0.3 is 0 Å². The van der Waals surface area contributed by atoms with Gasteiger partial charge in [0.15, 0.2) is 17.6 Å². The van der Waals surface area contributed by atoms with E-state index in [4.69, 9.17) is 25.8 Å². The first-order chi connectivity index (χ1) is 11.7. The smallest absolute Gasteiger partial charge is 0.265 e. The molecule has 0 spiro atoms. The highest BCUT2D eigenvalue weighted by Crippen LogP contribution is 2.32. The van der Waals surface area contributed by atoms with Crippen molar-refractivity contribution in [3.8, 4) is 17.2 Å². The van der Waals surface area contributed by atoms with E-state index in [1.54, 1.807) is 42.5 Å². The second kappa shape index (κ2) is 7.45. The highest BCUT2D eigenvalue weighted by atomic mass is 35.5. The Hall–Kier alpha value is -2.40. The first-order valence-electron chi connectivity index (χ1n) is 7.78. The van der Waals surface area contributed by atoms with E-state index >= 15 is 0 Å². The Bertz CT molecular complexity index is 735. The Morgan fingerprint density at radius 1 is 1.21 bits per heavy atom. The number of anilines is 1. The minimum absolute atomic E-state index is 0.228. The standard InChI is InChI=1S/C18H18ClNO4/c1-2-15(24-14-5-3-4-12(19)10-14)18(21)20-13-6-7-16-17(11-13)23-9-8-22-16/h3-7,10-11,15H,2,8-9H2,1H3,(H,20,21). The number of ether oxygens (including phenoxy) is 3. The number of carbonyl (C=O) groups excluding carboxylic acids is 1. The van der Waals surface area contributed by atoms with Crippen molar-refractivity contribution in [2.24, 2.45) is 0 Å². The van der Waals surface area contributed by atoms with E-state index in [1.165, 1.54) is 0 Å². The van der Waals surface area contributed by atoms with E-state index in [1.807, 2.05) is 6.92 Å². The van der Waals surface area contributed by atoms with Gasteiger partial charge in [0.05, 0.1) is 0 Å². The molecule has 24 heavy (non-hydrogen) atoms. The molecule has 1 heterocycles. The fourth-order valence-electron chi connectivity index (χ4n) is 2.37. The topological polar surface area (TPSA) is 56.8 Å². The van der Waals surface area contributed by atoms with Gasteiger partial charge < -0.3 is 19.5 Å². The van der Waals surface area contributed by atoms with Crippen LogP contribution in [0.2, 0.25) is 5.02 Å². The molecule has 2 aromatic carbocycles. The Labute approximate surface area is 145 Å². The summed E-state index contributed by atoms with van der Waals surface area (Å²) in [5.74, 6) is 1.64. The van der Waals surface area contributed by atoms with Crippen LogP contribution in [-0.2, 0) is 4.79 Å². The Balaban J connectivity index is 1.68. The van der Waals surface area contributed by atoms with Crippen LogP contribution < -0.4 is 19.5 Å². The molecular formula is C18H18ClNO4. The first-order valence-corrected chi connectivity index (χ1v) is 8.16. The van der Waals surface area contributed by atoms with Crippen molar-refractivity contribution in [2.75, 3.05) is 18.5 Å². The van der Waals surface area contributed by atoms with Crippen LogP contribution in [0.25, 0.3) is 0 Å². The van der Waals surface area contributed by atoms with Gasteiger partial charge in [-0.1, -0.05) is 24.6 Å². The van der Waals surface area contributed by atoms with Crippen molar-refractivity contribution in [1.29, 1.82) is 0 Å². The van der Waals surface area contributed by atoms with E-state index in [0.29, 0.717) is 47.6 Å². The maximum Gasteiger partial charge on any atom is 0.265 e. The number of halogens is 1. The van der Waals surface area contributed by atoms with E-state index in [2.05, 4.69) is 5.32 Å². The summed E-state index contributed by atoms with van der Waals surface area (Å²) in [6.45, 7) is 2.92. The lowest BCUT2D eigenvalue weighted by Gasteiger charge is -2.20. The van der Waals surface area contributed by atoms with Crippen molar-refractivity contribution in [2.45, 2.75) is 19.4 Å². The average molecular weight is 348 g/mol. The predicted octanol–water partition coefficient (Wildman–Crippen LogP) is 3.91. The third kappa shape index (κ3) is 3.92. The van der Waals surface area contributed by atoms with Gasteiger partial charge in [-0.15, -0.1) is 0 Å². The highest BCUT2D eigenvalue weighted by molar-refractivity contribution is 6.30. The van der Waals surface area contributed by atoms with Gasteiger partial charge in [0.1, 0.15) is 19.0 Å². The molecule has 0 fully saturated rings. The molecule has 0 aliphatic carbocycles. The van der Waals surface area contributed by atoms with Crippen molar-refractivity contribution in [3.63, 3.8) is 0 Å². The van der Waals surface area contributed by atoms with E-state index < -0.39 is 6.10 Å². The summed E-state index contributed by atoms with van der Waals surface area (Å²) in [4.78, 5) is 12.5. The van der Waals surface area contributed by atoms with Gasteiger partial charge in [0.2, 0.25) is 0 Å². The molecule has 0 bridgehead atoms. The SMILES string of the molecule is CCC(Oc1cccc(Cl)c1)C(=O)Nc1ccc2c(c1)OCCO2. The summed E-state index contributed by atoms with van der Waals surface area (Å²) in [5.41, 5.74) is 0.636. The van der Waals surface area contributed by atoms with E-state index in [0.717, 1.165) is 0 Å². The molecule has 1 unspecified atom stereocenters. The number of hydrogen-bond donors (Lipinski definition) is 1. The van der Waals surface area contributed by atoms with Crippen LogP contribution in [0.1, 0.15) is 13.3 Å². The predicted molar refractivity (Wildman–Crippen MR) is 92.2 cm³/mol. The molecule has 1 atom stereocenters. The zero-order chi connectivity index (χ0) is 16.9. The lowest BCUT2D eigenvalue weighted by atomic mass is 10.2. The van der Waals surface area contributed by atoms with Crippen molar-refractivity contribution in [3.05, 3.63) is 47.5 Å². The molecule has 0 radical (unpaired) electrons. The van der Waals surface area contributed by atoms with E-state index in [9.17, 15) is 4.79 Å². The number of rotatable bonds is 5. The fraction of sp³-hybridized carbons (Fsp3) is 0.278. The van der Waals surface area contributed by atoms with Gasteiger partial charge in [-0.05, 0) is 36.8 Å². The summed E-state index contributed by atoms with van der Waals surface area (Å²) in [6.07, 6.45) is -0.0835. The van der Waals surface area contributed by atoms with Crippen LogP contribution in [0.3, 0.4) is 0 Å². The summed E-state index contributed by atoms with van der Waals surface area (Å²) in [6, 6.07) is 12.3. The average Bonchev–Trinajstić information content (AvgIpc) is 2.59. The van der Waals surface area contributed by atoms with Gasteiger partial charge in [-0.2, -0.15) is 0 Å². The number of fused-ring (bicyclic) bond motifs is 1. The zero-order valence-electron chi connectivity index (χ0n) is 13.3. The van der Waals surface area contributed by atoms with Crippen LogP contribution in [0.4, 0.5) is 5.69 Å². The van der Waals surface area contributed by atoms with Crippen LogP contribution in [0, 0.1) is 0 Å². The third-order valence-electron chi connectivity index (χ3n) is 3.55. The maximum absolute atomic E-state index is 12.5. The molecule has 1 N–H and O–H groups in total. The van der Waals surface area contributed by atoms with Gasteiger partial charge in [0, 0.05) is 16.8 Å². The molecule has 1 aliphatic heterocycles. The Morgan fingerprint density at radius 3 is 2.75 bits per heavy atom. The molecule has 1 aliphatic rings. The molecule has 0 saturated heterocycles. The van der Waals surface area contributed by atoms with Crippen LogP contribution in [0.5, 0.6) is 17.2 Å². The molecule has 3 rings (SSSR count). The molecule has 0 aromatic heterocycles.